The number of benzene rings is 2. The van der Waals surface area contributed by atoms with Crippen LogP contribution in [0.3, 0.4) is 0 Å². The highest BCUT2D eigenvalue weighted by Crippen LogP contribution is 2.51. The number of hydrogen-bond donors (Lipinski definition) is 0. The van der Waals surface area contributed by atoms with Crippen LogP contribution in [0.15, 0.2) is 60.7 Å². The molecule has 2 fully saturated rings. The number of likely N-dealkylation sites (N-methyl/N-ethyl adjacent to an activating group) is 1. The highest BCUT2D eigenvalue weighted by Gasteiger charge is 2.39. The molecule has 0 bridgehead atoms. The number of nitrogens with zero attached hydrogens (tertiary/aromatic N) is 2. The van der Waals surface area contributed by atoms with Crippen LogP contribution in [0.4, 0.5) is 0 Å². The van der Waals surface area contributed by atoms with E-state index in [1.165, 1.54) is 49.9 Å². The molecule has 1 aliphatic carbocycles. The molecule has 176 valence electrons. The third-order valence-electron chi connectivity index (χ3n) is 7.11. The molecule has 0 aromatic heterocycles. The predicted octanol–water partition coefficient (Wildman–Crippen LogP) is 4.52. The Bertz CT molecular complexity index is 1070. The van der Waals surface area contributed by atoms with Gasteiger partial charge in [0, 0.05) is 19.7 Å². The quantitative estimate of drug-likeness (QED) is 0.537. The Hall–Kier alpha value is -2.44. The van der Waals surface area contributed by atoms with E-state index < -0.39 is 15.9 Å². The SMILES string of the molecule is CN(C(=O)/C=C/c1ccc(CN2CCC(C[C@@H]3C[C@H]3c3ccccc3)CC2)cc1)S(C)(=O)=O. The smallest absolute Gasteiger partial charge is 0.259 e. The fourth-order valence-corrected chi connectivity index (χ4v) is 5.24. The molecule has 2 aromatic rings. The van der Waals surface area contributed by atoms with Crippen molar-refractivity contribution >= 4 is 22.0 Å². The normalized spacial score (nSPS) is 21.9. The Morgan fingerprint density at radius 3 is 2.36 bits per heavy atom. The number of amides is 1. The molecule has 6 heteroatoms. The number of hydrogen-bond acceptors (Lipinski definition) is 4. The Labute approximate surface area is 198 Å². The average molecular weight is 467 g/mol. The number of piperidine rings is 1. The second-order valence-corrected chi connectivity index (χ2v) is 11.6. The van der Waals surface area contributed by atoms with Crippen molar-refractivity contribution in [1.29, 1.82) is 0 Å². The molecule has 1 amide bonds. The van der Waals surface area contributed by atoms with E-state index >= 15 is 0 Å². The summed E-state index contributed by atoms with van der Waals surface area (Å²) < 4.78 is 23.6. The van der Waals surface area contributed by atoms with Crippen LogP contribution in [0.2, 0.25) is 0 Å². The third-order valence-corrected chi connectivity index (χ3v) is 8.28. The van der Waals surface area contributed by atoms with Crippen LogP contribution in [0.25, 0.3) is 6.08 Å². The number of carbonyl (C=O) groups is 1. The lowest BCUT2D eigenvalue weighted by Gasteiger charge is -2.32. The zero-order chi connectivity index (χ0) is 23.4. The highest BCUT2D eigenvalue weighted by atomic mass is 32.2. The van der Waals surface area contributed by atoms with E-state index in [1.54, 1.807) is 6.08 Å². The highest BCUT2D eigenvalue weighted by molar-refractivity contribution is 7.88. The first-order valence-electron chi connectivity index (χ1n) is 11.8. The van der Waals surface area contributed by atoms with E-state index in [1.807, 2.05) is 12.1 Å². The van der Waals surface area contributed by atoms with E-state index in [-0.39, 0.29) is 0 Å². The minimum atomic E-state index is -3.53. The molecule has 0 N–H and O–H groups in total. The zero-order valence-corrected chi connectivity index (χ0v) is 20.4. The van der Waals surface area contributed by atoms with Gasteiger partial charge in [-0.3, -0.25) is 9.69 Å². The molecule has 1 heterocycles. The molecule has 1 aliphatic heterocycles. The molecule has 2 atom stereocenters. The van der Waals surface area contributed by atoms with Crippen molar-refractivity contribution in [1.82, 2.24) is 9.21 Å². The maximum Gasteiger partial charge on any atom is 0.259 e. The van der Waals surface area contributed by atoms with E-state index in [0.29, 0.717) is 0 Å². The Kier molecular flexibility index (Phi) is 7.35. The summed E-state index contributed by atoms with van der Waals surface area (Å²) in [7, 11) is -2.26. The second-order valence-electron chi connectivity index (χ2n) is 9.61. The molecule has 2 aromatic carbocycles. The van der Waals surface area contributed by atoms with Gasteiger partial charge in [0.2, 0.25) is 10.0 Å². The van der Waals surface area contributed by atoms with Gasteiger partial charge in [-0.15, -0.1) is 0 Å². The van der Waals surface area contributed by atoms with Crippen molar-refractivity contribution < 1.29 is 13.2 Å². The minimum absolute atomic E-state index is 0.550. The van der Waals surface area contributed by atoms with Gasteiger partial charge in [-0.05, 0) is 79.3 Å². The van der Waals surface area contributed by atoms with Crippen molar-refractivity contribution in [3.63, 3.8) is 0 Å². The van der Waals surface area contributed by atoms with Gasteiger partial charge in [-0.25, -0.2) is 12.7 Å². The molecule has 2 aliphatic rings. The molecular formula is C27H34N2O3S. The summed E-state index contributed by atoms with van der Waals surface area (Å²) in [5, 5.41) is 0. The predicted molar refractivity (Wildman–Crippen MR) is 133 cm³/mol. The monoisotopic (exact) mass is 466 g/mol. The van der Waals surface area contributed by atoms with Gasteiger partial charge in [0.1, 0.15) is 0 Å². The summed E-state index contributed by atoms with van der Waals surface area (Å²) >= 11 is 0. The van der Waals surface area contributed by atoms with Crippen LogP contribution >= 0.6 is 0 Å². The standard InChI is InChI=1S/C27H34N2O3S/c1-28(33(2,31)32)27(30)13-12-21-8-10-23(11-9-21)20-29-16-14-22(15-17-29)18-25-19-26(25)24-6-4-3-5-7-24/h3-13,22,25-26H,14-20H2,1-2H3/b13-12+/t25-,26+/m1/s1. The summed E-state index contributed by atoms with van der Waals surface area (Å²) in [4.78, 5) is 14.5. The van der Waals surface area contributed by atoms with E-state index in [4.69, 9.17) is 0 Å². The van der Waals surface area contributed by atoms with Gasteiger partial charge in [0.05, 0.1) is 6.26 Å². The number of rotatable bonds is 8. The summed E-state index contributed by atoms with van der Waals surface area (Å²) in [6, 6.07) is 19.1. The van der Waals surface area contributed by atoms with Gasteiger partial charge in [0.25, 0.3) is 5.91 Å². The lowest BCUT2D eigenvalue weighted by atomic mass is 9.90. The van der Waals surface area contributed by atoms with E-state index in [0.717, 1.165) is 53.5 Å². The van der Waals surface area contributed by atoms with Gasteiger partial charge in [-0.2, -0.15) is 0 Å². The van der Waals surface area contributed by atoms with Crippen molar-refractivity contribution in [3.8, 4) is 0 Å². The molecule has 1 saturated heterocycles. The third kappa shape index (κ3) is 6.55. The minimum Gasteiger partial charge on any atom is -0.299 e. The molecule has 0 unspecified atom stereocenters. The number of carbonyl (C=O) groups excluding carboxylic acids is 1. The van der Waals surface area contributed by atoms with Gasteiger partial charge < -0.3 is 0 Å². The van der Waals surface area contributed by atoms with E-state index in [9.17, 15) is 13.2 Å². The first-order chi connectivity index (χ1) is 15.8. The van der Waals surface area contributed by atoms with Gasteiger partial charge >= 0.3 is 0 Å². The van der Waals surface area contributed by atoms with Gasteiger partial charge in [-0.1, -0.05) is 54.6 Å². The average Bonchev–Trinajstić information content (AvgIpc) is 3.58. The molecule has 0 spiro atoms. The first-order valence-corrected chi connectivity index (χ1v) is 13.7. The molecule has 4 rings (SSSR count). The van der Waals surface area contributed by atoms with E-state index in [2.05, 4.69) is 47.4 Å². The Balaban J connectivity index is 1.20. The maximum atomic E-state index is 11.9. The largest absolute Gasteiger partial charge is 0.299 e. The first kappa shape index (κ1) is 23.7. The lowest BCUT2D eigenvalue weighted by molar-refractivity contribution is -0.120. The maximum absolute atomic E-state index is 11.9. The molecule has 33 heavy (non-hydrogen) atoms. The summed E-state index contributed by atoms with van der Waals surface area (Å²) in [5.41, 5.74) is 3.66. The molecule has 5 nitrogen and oxygen atoms in total. The van der Waals surface area contributed by atoms with Crippen LogP contribution in [0.5, 0.6) is 0 Å². The van der Waals surface area contributed by atoms with Crippen molar-refractivity contribution in [3.05, 3.63) is 77.4 Å². The molecule has 1 saturated carbocycles. The van der Waals surface area contributed by atoms with Crippen LogP contribution in [0.1, 0.15) is 48.3 Å². The fourth-order valence-electron chi connectivity index (χ4n) is 4.85. The topological polar surface area (TPSA) is 57.7 Å². The molecular weight excluding hydrogens is 432 g/mol. The second kappa shape index (κ2) is 10.2. The lowest BCUT2D eigenvalue weighted by Crippen LogP contribution is -2.33. The number of likely N-dealkylation sites (tertiary alicyclic amines) is 1. The summed E-state index contributed by atoms with van der Waals surface area (Å²) in [5.74, 6) is 1.98. The van der Waals surface area contributed by atoms with Crippen LogP contribution in [-0.2, 0) is 21.4 Å². The van der Waals surface area contributed by atoms with Crippen molar-refractivity contribution in [2.24, 2.45) is 11.8 Å². The Morgan fingerprint density at radius 1 is 1.06 bits per heavy atom. The fraction of sp³-hybridized carbons (Fsp3) is 0.444. The van der Waals surface area contributed by atoms with Crippen molar-refractivity contribution in [2.75, 3.05) is 26.4 Å². The van der Waals surface area contributed by atoms with Crippen molar-refractivity contribution in [2.45, 2.75) is 38.1 Å². The Morgan fingerprint density at radius 2 is 1.73 bits per heavy atom. The number of sulfonamides is 1. The zero-order valence-electron chi connectivity index (χ0n) is 19.6. The summed E-state index contributed by atoms with van der Waals surface area (Å²) in [6.07, 6.45) is 9.28. The van der Waals surface area contributed by atoms with Gasteiger partial charge in [0.15, 0.2) is 0 Å². The van der Waals surface area contributed by atoms with Crippen LogP contribution in [-0.4, -0.2) is 49.9 Å². The van der Waals surface area contributed by atoms with Crippen LogP contribution in [0, 0.1) is 11.8 Å². The van der Waals surface area contributed by atoms with Crippen LogP contribution < -0.4 is 0 Å². The molecule has 0 radical (unpaired) electrons. The summed E-state index contributed by atoms with van der Waals surface area (Å²) in [6.45, 7) is 3.26.